The van der Waals surface area contributed by atoms with Crippen LogP contribution >= 0.6 is 0 Å². The Bertz CT molecular complexity index is 752. The van der Waals surface area contributed by atoms with Gasteiger partial charge in [-0.15, -0.1) is 0 Å². The van der Waals surface area contributed by atoms with Crippen molar-refractivity contribution in [3.8, 4) is 0 Å². The van der Waals surface area contributed by atoms with Crippen molar-refractivity contribution in [2.75, 3.05) is 0 Å². The van der Waals surface area contributed by atoms with Crippen molar-refractivity contribution >= 4 is 5.57 Å². The lowest BCUT2D eigenvalue weighted by atomic mass is 9.74. The Kier molecular flexibility index (Phi) is 3.72. The summed E-state index contributed by atoms with van der Waals surface area (Å²) in [7, 11) is 0. The van der Waals surface area contributed by atoms with Crippen molar-refractivity contribution in [2.45, 2.75) is 86.0 Å². The fraction of sp³-hybridized carbons (Fsp3) is 0.583. The molecule has 24 heavy (non-hydrogen) atoms. The summed E-state index contributed by atoms with van der Waals surface area (Å²) in [6, 6.07) is 4.92. The first-order valence-electron chi connectivity index (χ1n) is 9.44. The number of aryl methyl sites for hydroxylation is 1. The Labute approximate surface area is 149 Å². The third kappa shape index (κ3) is 2.59. The number of hydrogen-bond donors (Lipinski definition) is 0. The second kappa shape index (κ2) is 5.10. The van der Waals surface area contributed by atoms with Gasteiger partial charge in [0.15, 0.2) is 0 Å². The fourth-order valence-electron chi connectivity index (χ4n) is 4.40. The maximum Gasteiger partial charge on any atom is 0.0155 e. The Balaban J connectivity index is 2.21. The van der Waals surface area contributed by atoms with Gasteiger partial charge in [-0.05, 0) is 64.0 Å². The van der Waals surface area contributed by atoms with Crippen LogP contribution in [-0.2, 0) is 10.8 Å². The van der Waals surface area contributed by atoms with E-state index >= 15 is 0 Å². The van der Waals surface area contributed by atoms with Crippen LogP contribution < -0.4 is 0 Å². The zero-order valence-electron chi connectivity index (χ0n) is 17.1. The molecular weight excluding hydrogens is 288 g/mol. The summed E-state index contributed by atoms with van der Waals surface area (Å²) in [5.74, 6) is 0. The van der Waals surface area contributed by atoms with E-state index in [2.05, 4.69) is 80.5 Å². The minimum Gasteiger partial charge on any atom is -0.0642 e. The van der Waals surface area contributed by atoms with E-state index in [1.165, 1.54) is 24.0 Å². The van der Waals surface area contributed by atoms with Gasteiger partial charge in [0.1, 0.15) is 0 Å². The monoisotopic (exact) mass is 322 g/mol. The van der Waals surface area contributed by atoms with Gasteiger partial charge < -0.3 is 0 Å². The minimum absolute atomic E-state index is 0.119. The van der Waals surface area contributed by atoms with Crippen molar-refractivity contribution in [1.29, 1.82) is 0 Å². The molecule has 1 aromatic carbocycles. The first kappa shape index (κ1) is 17.5. The van der Waals surface area contributed by atoms with Gasteiger partial charge in [-0.1, -0.05) is 79.2 Å². The van der Waals surface area contributed by atoms with Crippen LogP contribution in [0.5, 0.6) is 0 Å². The van der Waals surface area contributed by atoms with Crippen molar-refractivity contribution in [3.05, 3.63) is 51.6 Å². The normalized spacial score (nSPS) is 20.0. The van der Waals surface area contributed by atoms with E-state index < -0.39 is 0 Å². The smallest absolute Gasteiger partial charge is 0.0155 e. The van der Waals surface area contributed by atoms with Gasteiger partial charge in [0.2, 0.25) is 0 Å². The lowest BCUT2D eigenvalue weighted by Gasteiger charge is -2.31. The first-order chi connectivity index (χ1) is 10.8. The Morgan fingerprint density at radius 2 is 1.50 bits per heavy atom. The Morgan fingerprint density at radius 3 is 2.04 bits per heavy atom. The summed E-state index contributed by atoms with van der Waals surface area (Å²) in [5.41, 5.74) is 11.4. The largest absolute Gasteiger partial charge is 0.0642 e. The molecule has 0 saturated carbocycles. The Morgan fingerprint density at radius 1 is 0.875 bits per heavy atom. The second-order valence-corrected chi connectivity index (χ2v) is 10.4. The molecule has 0 amide bonds. The van der Waals surface area contributed by atoms with Crippen LogP contribution in [0.3, 0.4) is 0 Å². The van der Waals surface area contributed by atoms with Crippen molar-refractivity contribution in [1.82, 2.24) is 0 Å². The summed E-state index contributed by atoms with van der Waals surface area (Å²) in [6.45, 7) is 21.2. The predicted octanol–water partition coefficient (Wildman–Crippen LogP) is 7.10. The maximum absolute atomic E-state index is 2.54. The van der Waals surface area contributed by atoms with Gasteiger partial charge in [-0.2, -0.15) is 0 Å². The average Bonchev–Trinajstić information content (AvgIpc) is 2.66. The van der Waals surface area contributed by atoms with E-state index in [1.54, 1.807) is 27.8 Å². The molecule has 1 aromatic rings. The number of rotatable bonds is 0. The molecule has 0 fully saturated rings. The van der Waals surface area contributed by atoms with Gasteiger partial charge in [-0.25, -0.2) is 0 Å². The number of benzene rings is 1. The lowest BCUT2D eigenvalue weighted by molar-refractivity contribution is 0.479. The molecule has 0 bridgehead atoms. The van der Waals surface area contributed by atoms with Crippen LogP contribution in [0.1, 0.15) is 90.5 Å². The zero-order valence-corrected chi connectivity index (χ0v) is 17.1. The van der Waals surface area contributed by atoms with Gasteiger partial charge in [0.05, 0.1) is 0 Å². The molecule has 0 spiro atoms. The van der Waals surface area contributed by atoms with Gasteiger partial charge in [-0.3, -0.25) is 0 Å². The van der Waals surface area contributed by atoms with E-state index in [1.807, 2.05) is 0 Å². The maximum atomic E-state index is 2.54. The molecule has 0 heteroatoms. The van der Waals surface area contributed by atoms with E-state index in [-0.39, 0.29) is 16.2 Å². The fourth-order valence-corrected chi connectivity index (χ4v) is 4.40. The molecule has 0 nitrogen and oxygen atoms in total. The van der Waals surface area contributed by atoms with Crippen molar-refractivity contribution in [3.63, 3.8) is 0 Å². The van der Waals surface area contributed by atoms with Crippen molar-refractivity contribution in [2.24, 2.45) is 5.41 Å². The van der Waals surface area contributed by atoms with Gasteiger partial charge >= 0.3 is 0 Å². The van der Waals surface area contributed by atoms with Crippen molar-refractivity contribution < 1.29 is 0 Å². The Hall–Kier alpha value is -1.30. The third-order valence-electron chi connectivity index (χ3n) is 6.10. The van der Waals surface area contributed by atoms with Crippen LogP contribution in [-0.4, -0.2) is 0 Å². The molecule has 0 radical (unpaired) electrons. The molecule has 0 N–H and O–H groups in total. The van der Waals surface area contributed by atoms with Crippen LogP contribution in [0.2, 0.25) is 0 Å². The summed E-state index contributed by atoms with van der Waals surface area (Å²) >= 11 is 0. The molecule has 0 saturated heterocycles. The third-order valence-corrected chi connectivity index (χ3v) is 6.10. The highest BCUT2D eigenvalue weighted by molar-refractivity contribution is 5.85. The van der Waals surface area contributed by atoms with Crippen LogP contribution in [0.15, 0.2) is 29.4 Å². The molecule has 130 valence electrons. The lowest BCUT2D eigenvalue weighted by Crippen LogP contribution is -2.21. The standard InChI is InChI=1S/C24H34/c1-15-12-17(23(5,6)7)14-20-21(15)18-11-10-16(22(2,3)4)13-19(18)24(20,8)9/h12-14H,10-11H2,1-9H3. The topological polar surface area (TPSA) is 0 Å². The molecule has 0 aromatic heterocycles. The number of hydrogen-bond acceptors (Lipinski definition) is 0. The average molecular weight is 323 g/mol. The number of allylic oxidation sites excluding steroid dienone is 4. The SMILES string of the molecule is Cc1cc(C(C)(C)C)cc2c1C1=C(C=C(C(C)(C)C)CC1)C2(C)C. The minimum atomic E-state index is 0.119. The second-order valence-electron chi connectivity index (χ2n) is 10.4. The quantitative estimate of drug-likeness (QED) is 0.477. The molecule has 2 aliphatic rings. The van der Waals surface area contributed by atoms with Crippen LogP contribution in [0.4, 0.5) is 0 Å². The summed E-state index contributed by atoms with van der Waals surface area (Å²) < 4.78 is 0. The molecule has 0 aliphatic heterocycles. The summed E-state index contributed by atoms with van der Waals surface area (Å²) in [6.07, 6.45) is 4.94. The van der Waals surface area contributed by atoms with E-state index in [4.69, 9.17) is 0 Å². The summed E-state index contributed by atoms with van der Waals surface area (Å²) in [5, 5.41) is 0. The predicted molar refractivity (Wildman–Crippen MR) is 107 cm³/mol. The molecule has 3 rings (SSSR count). The molecular formula is C24H34. The molecule has 0 unspecified atom stereocenters. The molecule has 2 aliphatic carbocycles. The zero-order chi connectivity index (χ0) is 18.1. The highest BCUT2D eigenvalue weighted by Gasteiger charge is 2.40. The molecule has 0 atom stereocenters. The molecule has 0 heterocycles. The first-order valence-corrected chi connectivity index (χ1v) is 9.44. The van der Waals surface area contributed by atoms with Gasteiger partial charge in [0, 0.05) is 5.41 Å². The van der Waals surface area contributed by atoms with E-state index in [9.17, 15) is 0 Å². The van der Waals surface area contributed by atoms with Gasteiger partial charge in [0.25, 0.3) is 0 Å². The van der Waals surface area contributed by atoms with E-state index in [0.717, 1.165) is 0 Å². The number of fused-ring (bicyclic) bond motifs is 2. The summed E-state index contributed by atoms with van der Waals surface area (Å²) in [4.78, 5) is 0. The van der Waals surface area contributed by atoms with Crippen LogP contribution in [0, 0.1) is 12.3 Å². The van der Waals surface area contributed by atoms with Crippen LogP contribution in [0.25, 0.3) is 5.57 Å². The van der Waals surface area contributed by atoms with E-state index in [0.29, 0.717) is 0 Å². The highest BCUT2D eigenvalue weighted by atomic mass is 14.4. The highest BCUT2D eigenvalue weighted by Crippen LogP contribution is 2.54.